The largest absolute Gasteiger partial charge is 0.348 e. The van der Waals surface area contributed by atoms with Gasteiger partial charge in [-0.2, -0.15) is 0 Å². The van der Waals surface area contributed by atoms with Gasteiger partial charge in [0.2, 0.25) is 0 Å². The molecule has 0 spiro atoms. The van der Waals surface area contributed by atoms with Crippen molar-refractivity contribution in [1.29, 1.82) is 0 Å². The summed E-state index contributed by atoms with van der Waals surface area (Å²) in [5.74, 6) is -0.630. The van der Waals surface area contributed by atoms with Gasteiger partial charge in [0, 0.05) is 31.2 Å². The highest BCUT2D eigenvalue weighted by molar-refractivity contribution is 5.94. The summed E-state index contributed by atoms with van der Waals surface area (Å²) < 4.78 is 13.3. The molecule has 26 heavy (non-hydrogen) atoms. The smallest absolute Gasteiger partial charge is 0.251 e. The van der Waals surface area contributed by atoms with Crippen molar-refractivity contribution in [3.8, 4) is 0 Å². The molecule has 0 radical (unpaired) electrons. The average molecular weight is 352 g/mol. The highest BCUT2D eigenvalue weighted by Gasteiger charge is 2.26. The van der Waals surface area contributed by atoms with Gasteiger partial charge in [-0.05, 0) is 60.6 Å². The van der Waals surface area contributed by atoms with Crippen molar-refractivity contribution >= 4 is 5.91 Å². The predicted molar refractivity (Wildman–Crippen MR) is 101 cm³/mol. The summed E-state index contributed by atoms with van der Waals surface area (Å²) in [6.45, 7) is 2.76. The van der Waals surface area contributed by atoms with Crippen molar-refractivity contribution in [3.63, 3.8) is 0 Å². The van der Waals surface area contributed by atoms with E-state index in [1.165, 1.54) is 42.5 Å². The van der Waals surface area contributed by atoms with Crippen molar-refractivity contribution in [2.24, 2.45) is 0 Å². The fourth-order valence-electron chi connectivity index (χ4n) is 3.94. The maximum absolute atomic E-state index is 13.3. The van der Waals surface area contributed by atoms with Crippen molar-refractivity contribution in [3.05, 3.63) is 70.5 Å². The highest BCUT2D eigenvalue weighted by atomic mass is 19.1. The number of carbonyl (C=O) groups excluding carboxylic acids is 1. The van der Waals surface area contributed by atoms with E-state index in [1.54, 1.807) is 12.1 Å². The lowest BCUT2D eigenvalue weighted by atomic mass is 9.91. The van der Waals surface area contributed by atoms with E-state index < -0.39 is 5.82 Å². The van der Waals surface area contributed by atoms with E-state index in [4.69, 9.17) is 0 Å². The van der Waals surface area contributed by atoms with E-state index in [2.05, 4.69) is 28.4 Å². The number of nitrogens with one attached hydrogen (secondary N) is 1. The van der Waals surface area contributed by atoms with Crippen LogP contribution in [-0.4, -0.2) is 29.9 Å². The van der Waals surface area contributed by atoms with E-state index in [-0.39, 0.29) is 5.91 Å². The van der Waals surface area contributed by atoms with Crippen LogP contribution >= 0.6 is 0 Å². The predicted octanol–water partition coefficient (Wildman–Crippen LogP) is 3.71. The van der Waals surface area contributed by atoms with Gasteiger partial charge in [0.05, 0.1) is 0 Å². The third-order valence-electron chi connectivity index (χ3n) is 5.74. The van der Waals surface area contributed by atoms with Crippen LogP contribution in [0.5, 0.6) is 0 Å². The number of halogens is 1. The molecule has 4 rings (SSSR count). The van der Waals surface area contributed by atoms with Crippen LogP contribution in [0.3, 0.4) is 0 Å². The number of rotatable bonds is 4. The maximum Gasteiger partial charge on any atom is 0.251 e. The zero-order chi connectivity index (χ0) is 17.9. The van der Waals surface area contributed by atoms with Crippen LogP contribution < -0.4 is 5.32 Å². The number of hydrogen-bond donors (Lipinski definition) is 1. The summed E-state index contributed by atoms with van der Waals surface area (Å²) in [4.78, 5) is 14.8. The molecule has 1 amide bonds. The van der Waals surface area contributed by atoms with E-state index in [0.717, 1.165) is 37.5 Å². The molecule has 136 valence electrons. The average Bonchev–Trinajstić information content (AvgIpc) is 2.81. The summed E-state index contributed by atoms with van der Waals surface area (Å²) >= 11 is 0. The number of carbonyl (C=O) groups is 1. The summed E-state index contributed by atoms with van der Waals surface area (Å²) in [5, 5.41) is 2.89. The molecule has 0 saturated heterocycles. The summed E-state index contributed by atoms with van der Waals surface area (Å²) in [6, 6.07) is 13.1. The third kappa shape index (κ3) is 3.80. The van der Waals surface area contributed by atoms with Crippen LogP contribution in [0.2, 0.25) is 0 Å². The lowest BCUT2D eigenvalue weighted by Gasteiger charge is -2.36. The molecule has 1 N–H and O–H groups in total. The van der Waals surface area contributed by atoms with E-state index >= 15 is 0 Å². The van der Waals surface area contributed by atoms with Gasteiger partial charge in [-0.25, -0.2) is 4.39 Å². The van der Waals surface area contributed by atoms with Crippen LogP contribution in [0.25, 0.3) is 0 Å². The molecule has 1 heterocycles. The second-order valence-corrected chi connectivity index (χ2v) is 7.42. The SMILES string of the molecule is O=C(NCc1ccc2c(c1)CCN(C1CCC1)CC2)c1cccc(F)c1. The Kier molecular flexibility index (Phi) is 5.02. The van der Waals surface area contributed by atoms with Crippen LogP contribution in [-0.2, 0) is 19.4 Å². The molecule has 1 aliphatic carbocycles. The van der Waals surface area contributed by atoms with Gasteiger partial charge < -0.3 is 5.32 Å². The van der Waals surface area contributed by atoms with Gasteiger partial charge in [0.15, 0.2) is 0 Å². The van der Waals surface area contributed by atoms with Crippen molar-refractivity contribution in [1.82, 2.24) is 10.2 Å². The number of nitrogens with zero attached hydrogens (tertiary/aromatic N) is 1. The standard InChI is InChI=1S/C22H25FN2O/c23-20-4-1-3-19(14-20)22(26)24-15-16-7-8-17-9-11-25(21-5-2-6-21)12-10-18(17)13-16/h1,3-4,7-8,13-14,21H,2,5-6,9-12,15H2,(H,24,26). The Bertz CT molecular complexity index is 800. The van der Waals surface area contributed by atoms with E-state index in [9.17, 15) is 9.18 Å². The first kappa shape index (κ1) is 17.2. The highest BCUT2D eigenvalue weighted by Crippen LogP contribution is 2.27. The monoisotopic (exact) mass is 352 g/mol. The Morgan fingerprint density at radius 3 is 2.62 bits per heavy atom. The summed E-state index contributed by atoms with van der Waals surface area (Å²) in [5.41, 5.74) is 4.30. The topological polar surface area (TPSA) is 32.3 Å². The minimum absolute atomic E-state index is 0.240. The first-order valence-corrected chi connectivity index (χ1v) is 9.57. The Morgan fingerprint density at radius 2 is 1.88 bits per heavy atom. The van der Waals surface area contributed by atoms with Crippen LogP contribution in [0, 0.1) is 5.82 Å². The molecule has 0 unspecified atom stereocenters. The molecule has 1 saturated carbocycles. The lowest BCUT2D eigenvalue weighted by molar-refractivity contribution is 0.0950. The molecule has 2 aliphatic rings. The zero-order valence-corrected chi connectivity index (χ0v) is 15.0. The zero-order valence-electron chi connectivity index (χ0n) is 15.0. The van der Waals surface area contributed by atoms with Crippen molar-refractivity contribution in [2.75, 3.05) is 13.1 Å². The molecule has 1 fully saturated rings. The quantitative estimate of drug-likeness (QED) is 0.910. The fourth-order valence-corrected chi connectivity index (χ4v) is 3.94. The van der Waals surface area contributed by atoms with Crippen molar-refractivity contribution < 1.29 is 9.18 Å². The molecule has 0 atom stereocenters. The molecule has 4 heteroatoms. The summed E-state index contributed by atoms with van der Waals surface area (Å²) in [6.07, 6.45) is 6.28. The molecule has 1 aliphatic heterocycles. The summed E-state index contributed by atoms with van der Waals surface area (Å²) in [7, 11) is 0. The molecule has 0 aromatic heterocycles. The maximum atomic E-state index is 13.3. The Balaban J connectivity index is 1.38. The van der Waals surface area contributed by atoms with Crippen LogP contribution in [0.15, 0.2) is 42.5 Å². The number of amides is 1. The van der Waals surface area contributed by atoms with E-state index in [0.29, 0.717) is 12.1 Å². The Labute approximate surface area is 154 Å². The molecule has 3 nitrogen and oxygen atoms in total. The number of hydrogen-bond acceptors (Lipinski definition) is 2. The van der Waals surface area contributed by atoms with Gasteiger partial charge in [-0.1, -0.05) is 30.7 Å². The van der Waals surface area contributed by atoms with Gasteiger partial charge in [0.25, 0.3) is 5.91 Å². The number of fused-ring (bicyclic) bond motifs is 1. The molecule has 2 aromatic carbocycles. The van der Waals surface area contributed by atoms with Crippen LogP contribution in [0.1, 0.15) is 46.3 Å². The molecule has 0 bridgehead atoms. The van der Waals surface area contributed by atoms with Crippen LogP contribution in [0.4, 0.5) is 4.39 Å². The van der Waals surface area contributed by atoms with Crippen molar-refractivity contribution in [2.45, 2.75) is 44.7 Å². The lowest BCUT2D eigenvalue weighted by Crippen LogP contribution is -2.41. The van der Waals surface area contributed by atoms with Gasteiger partial charge in [-0.3, -0.25) is 9.69 Å². The Morgan fingerprint density at radius 1 is 1.08 bits per heavy atom. The first-order valence-electron chi connectivity index (χ1n) is 9.57. The minimum Gasteiger partial charge on any atom is -0.348 e. The van der Waals surface area contributed by atoms with Gasteiger partial charge in [-0.15, -0.1) is 0 Å². The molecular weight excluding hydrogens is 327 g/mol. The third-order valence-corrected chi connectivity index (χ3v) is 5.74. The number of benzene rings is 2. The van der Waals surface area contributed by atoms with Gasteiger partial charge >= 0.3 is 0 Å². The van der Waals surface area contributed by atoms with E-state index in [1.807, 2.05) is 0 Å². The van der Waals surface area contributed by atoms with Gasteiger partial charge in [0.1, 0.15) is 5.82 Å². The second-order valence-electron chi connectivity index (χ2n) is 7.42. The Hall–Kier alpha value is -2.20. The second kappa shape index (κ2) is 7.58. The normalized spacial score (nSPS) is 17.9. The first-order chi connectivity index (χ1) is 12.7. The molecular formula is C22H25FN2O. The minimum atomic E-state index is -0.390. The fraction of sp³-hybridized carbons (Fsp3) is 0.409. The molecule has 2 aromatic rings.